The van der Waals surface area contributed by atoms with Crippen LogP contribution in [-0.4, -0.2) is 23.1 Å². The Kier molecular flexibility index (Phi) is 6.34. The number of hydrogen-bond acceptors (Lipinski definition) is 4. The molecule has 0 fully saturated rings. The first-order chi connectivity index (χ1) is 30.7. The molecule has 0 saturated carbocycles. The molecular formula is C58H36N4. The van der Waals surface area contributed by atoms with Crippen LogP contribution in [0.4, 0.5) is 11.4 Å². The van der Waals surface area contributed by atoms with Gasteiger partial charge in [0.25, 0.3) is 0 Å². The van der Waals surface area contributed by atoms with Crippen LogP contribution in [0.2, 0.25) is 0 Å². The number of hydrogen-bond donors (Lipinski definition) is 2. The highest BCUT2D eigenvalue weighted by Gasteiger charge is 2.25. The molecular weight excluding hydrogens is 753 g/mol. The van der Waals surface area contributed by atoms with E-state index in [0.29, 0.717) is 0 Å². The Bertz CT molecular complexity index is 4090. The van der Waals surface area contributed by atoms with Crippen LogP contribution in [0.3, 0.4) is 0 Å². The second-order valence-corrected chi connectivity index (χ2v) is 17.6. The third-order valence-electron chi connectivity index (χ3n) is 14.4. The SMILES string of the molecule is C1=Cc2ccc3ccc(C4=Cc5c(c6cc7c(cc8c9cc%10ccc(-c%11ccc%12ccc%13c(c%12n%11)NCC=C%13)cc%10cc9c9cccc7c98)c7cccc5c67)CC4)nc3c2NC1. The molecule has 4 heteroatoms. The van der Waals surface area contributed by atoms with Crippen molar-refractivity contribution in [1.29, 1.82) is 0 Å². The summed E-state index contributed by atoms with van der Waals surface area (Å²) in [6.07, 6.45) is 13.1. The molecule has 0 atom stereocenters. The van der Waals surface area contributed by atoms with Gasteiger partial charge in [-0.1, -0.05) is 109 Å². The number of rotatable bonds is 2. The molecule has 0 amide bonds. The van der Waals surface area contributed by atoms with Gasteiger partial charge in [-0.2, -0.15) is 0 Å². The summed E-state index contributed by atoms with van der Waals surface area (Å²) in [5, 5.41) is 28.1. The summed E-state index contributed by atoms with van der Waals surface area (Å²) in [4.78, 5) is 10.5. The van der Waals surface area contributed by atoms with Crippen LogP contribution in [0.15, 0.2) is 140 Å². The molecule has 0 bridgehead atoms. The zero-order valence-electron chi connectivity index (χ0n) is 33.7. The van der Waals surface area contributed by atoms with E-state index in [2.05, 4.69) is 168 Å². The van der Waals surface area contributed by atoms with E-state index in [4.69, 9.17) is 9.97 Å². The minimum absolute atomic E-state index is 0.823. The van der Waals surface area contributed by atoms with Gasteiger partial charge in [-0.3, -0.25) is 0 Å². The fourth-order valence-corrected chi connectivity index (χ4v) is 11.5. The molecule has 1 aliphatic carbocycles. The zero-order valence-corrected chi connectivity index (χ0v) is 33.7. The Morgan fingerprint density at radius 2 is 0.984 bits per heavy atom. The lowest BCUT2D eigenvalue weighted by Crippen LogP contribution is -2.06. The van der Waals surface area contributed by atoms with Crippen molar-refractivity contribution < 1.29 is 0 Å². The molecule has 4 heterocycles. The molecule has 3 aliphatic rings. The van der Waals surface area contributed by atoms with E-state index >= 15 is 0 Å². The molecule has 4 nitrogen and oxygen atoms in total. The summed E-state index contributed by atoms with van der Waals surface area (Å²) in [6, 6.07) is 48.2. The first kappa shape index (κ1) is 33.0. The number of aromatic nitrogens is 2. The van der Waals surface area contributed by atoms with Crippen molar-refractivity contribution in [1.82, 2.24) is 9.97 Å². The maximum Gasteiger partial charge on any atom is 0.0947 e. The van der Waals surface area contributed by atoms with E-state index < -0.39 is 0 Å². The monoisotopic (exact) mass is 788 g/mol. The minimum Gasteiger partial charge on any atom is -0.379 e. The van der Waals surface area contributed by atoms with Gasteiger partial charge in [0, 0.05) is 29.4 Å². The Balaban J connectivity index is 0.900. The summed E-state index contributed by atoms with van der Waals surface area (Å²) < 4.78 is 0. The normalized spacial score (nSPS) is 14.7. The first-order valence-corrected chi connectivity index (χ1v) is 21.9. The predicted molar refractivity (Wildman–Crippen MR) is 265 cm³/mol. The molecule has 0 saturated heterocycles. The number of nitrogens with zero attached hydrogens (tertiary/aromatic N) is 2. The molecule has 10 aromatic carbocycles. The Morgan fingerprint density at radius 3 is 1.71 bits per heavy atom. The second-order valence-electron chi connectivity index (χ2n) is 17.6. The van der Waals surface area contributed by atoms with Crippen molar-refractivity contribution in [3.05, 3.63) is 167 Å². The fourth-order valence-electron chi connectivity index (χ4n) is 11.5. The van der Waals surface area contributed by atoms with Crippen LogP contribution in [0, 0.1) is 0 Å². The lowest BCUT2D eigenvalue weighted by Gasteiger charge is -2.18. The van der Waals surface area contributed by atoms with Gasteiger partial charge in [-0.25, -0.2) is 9.97 Å². The average molecular weight is 789 g/mol. The van der Waals surface area contributed by atoms with Crippen molar-refractivity contribution in [3.63, 3.8) is 0 Å². The predicted octanol–water partition coefficient (Wildman–Crippen LogP) is 14.8. The van der Waals surface area contributed by atoms with Gasteiger partial charge in [0.2, 0.25) is 0 Å². The minimum atomic E-state index is 0.823. The van der Waals surface area contributed by atoms with E-state index in [0.717, 1.165) is 70.7 Å². The van der Waals surface area contributed by atoms with Crippen LogP contribution in [0.5, 0.6) is 0 Å². The van der Waals surface area contributed by atoms with Crippen molar-refractivity contribution in [2.45, 2.75) is 12.8 Å². The van der Waals surface area contributed by atoms with Gasteiger partial charge >= 0.3 is 0 Å². The summed E-state index contributed by atoms with van der Waals surface area (Å²) in [6.45, 7) is 1.66. The van der Waals surface area contributed by atoms with Gasteiger partial charge in [-0.15, -0.1) is 0 Å². The van der Waals surface area contributed by atoms with E-state index in [9.17, 15) is 0 Å². The zero-order chi connectivity index (χ0) is 40.2. The summed E-state index contributed by atoms with van der Waals surface area (Å²) in [5.41, 5.74) is 14.1. The molecule has 62 heavy (non-hydrogen) atoms. The van der Waals surface area contributed by atoms with Gasteiger partial charge < -0.3 is 10.6 Å². The topological polar surface area (TPSA) is 49.8 Å². The van der Waals surface area contributed by atoms with Gasteiger partial charge in [0.05, 0.1) is 33.8 Å². The van der Waals surface area contributed by atoms with Crippen molar-refractivity contribution in [2.24, 2.45) is 0 Å². The summed E-state index contributed by atoms with van der Waals surface area (Å²) in [5.74, 6) is 0. The highest BCUT2D eigenvalue weighted by atomic mass is 14.9. The number of nitrogens with one attached hydrogen (secondary N) is 2. The summed E-state index contributed by atoms with van der Waals surface area (Å²) >= 11 is 0. The molecule has 2 aliphatic heterocycles. The molecule has 0 unspecified atom stereocenters. The van der Waals surface area contributed by atoms with Gasteiger partial charge in [0.15, 0.2) is 0 Å². The van der Waals surface area contributed by atoms with Crippen LogP contribution in [0.25, 0.3) is 132 Å². The lowest BCUT2D eigenvalue weighted by atomic mass is 9.90. The van der Waals surface area contributed by atoms with Gasteiger partial charge in [-0.05, 0) is 165 Å². The van der Waals surface area contributed by atoms with E-state index in [-0.39, 0.29) is 0 Å². The number of benzene rings is 8. The highest BCUT2D eigenvalue weighted by molar-refractivity contribution is 6.39. The van der Waals surface area contributed by atoms with Crippen LogP contribution < -0.4 is 10.6 Å². The maximum absolute atomic E-state index is 5.31. The van der Waals surface area contributed by atoms with Crippen molar-refractivity contribution >= 4 is 132 Å². The number of fused-ring (bicyclic) bond motifs is 16. The number of allylic oxidation sites excluding steroid dienone is 1. The number of anilines is 2. The van der Waals surface area contributed by atoms with Gasteiger partial charge in [0.1, 0.15) is 0 Å². The Labute approximate surface area is 356 Å². The Morgan fingerprint density at radius 1 is 0.419 bits per heavy atom. The smallest absolute Gasteiger partial charge is 0.0947 e. The second kappa shape index (κ2) is 11.9. The third kappa shape index (κ3) is 4.40. The molecule has 12 aromatic rings. The van der Waals surface area contributed by atoms with Crippen molar-refractivity contribution in [2.75, 3.05) is 23.7 Å². The van der Waals surface area contributed by atoms with E-state index in [1.54, 1.807) is 0 Å². The maximum atomic E-state index is 5.31. The molecule has 288 valence electrons. The molecule has 0 spiro atoms. The van der Waals surface area contributed by atoms with Crippen LogP contribution in [-0.2, 0) is 6.42 Å². The Hall–Kier alpha value is -7.82. The standard InChI is InChI=1S/C58H36N4/c1-7-40-44-27-37(52-22-19-34-14-12-32-6-4-24-60-56(32)58(34)62-52)17-20-39(44)49-29-47-43-10-2-8-41-45-28-38-25-36(51-21-18-33-13-11-31-5-3-23-59-55(31)57(33)61-51)16-15-35(38)26-46(45)50(54(41)43)30-48(47)42(9-1)53(40)49/h1-16,18-19,21-22,25-30,59-60H,17,20,23-24H2. The average Bonchev–Trinajstić information content (AvgIpc) is 3.82. The lowest BCUT2D eigenvalue weighted by molar-refractivity contribution is 1.01. The number of aryl methyl sites for hydroxylation is 1. The largest absolute Gasteiger partial charge is 0.379 e. The van der Waals surface area contributed by atoms with Crippen molar-refractivity contribution in [3.8, 4) is 11.3 Å². The van der Waals surface area contributed by atoms with Crippen LogP contribution in [0.1, 0.15) is 34.4 Å². The molecule has 2 N–H and O–H groups in total. The highest BCUT2D eigenvalue weighted by Crippen LogP contribution is 2.49. The molecule has 2 aromatic heterocycles. The molecule has 15 rings (SSSR count). The summed E-state index contributed by atoms with van der Waals surface area (Å²) in [7, 11) is 0. The number of pyridine rings is 2. The molecule has 0 radical (unpaired) electrons. The van der Waals surface area contributed by atoms with Crippen LogP contribution >= 0.6 is 0 Å². The quantitative estimate of drug-likeness (QED) is 0.171. The van der Waals surface area contributed by atoms with E-state index in [1.165, 1.54) is 109 Å². The van der Waals surface area contributed by atoms with E-state index in [1.807, 2.05) is 0 Å². The first-order valence-electron chi connectivity index (χ1n) is 21.9. The fraction of sp³-hybridized carbons (Fsp3) is 0.0690. The third-order valence-corrected chi connectivity index (χ3v) is 14.4.